The Bertz CT molecular complexity index is 1000. The summed E-state index contributed by atoms with van der Waals surface area (Å²) in [6.45, 7) is 3.30. The van der Waals surface area contributed by atoms with Crippen LogP contribution in [0.1, 0.15) is 11.1 Å². The first-order valence-corrected chi connectivity index (χ1v) is 7.73. The van der Waals surface area contributed by atoms with Crippen LogP contribution in [0.2, 0.25) is 0 Å². The summed E-state index contributed by atoms with van der Waals surface area (Å²) in [6.07, 6.45) is 1.40. The van der Waals surface area contributed by atoms with Crippen molar-refractivity contribution in [1.29, 1.82) is 0 Å². The Morgan fingerprint density at radius 3 is 2.73 bits per heavy atom. The van der Waals surface area contributed by atoms with Crippen LogP contribution < -0.4 is 16.4 Å². The van der Waals surface area contributed by atoms with E-state index in [2.05, 4.69) is 15.7 Å². The summed E-state index contributed by atoms with van der Waals surface area (Å²) in [7, 11) is 0. The number of aryl methyl sites for hydroxylation is 1. The number of furan rings is 1. The smallest absolute Gasteiger partial charge is 0.437 e. The summed E-state index contributed by atoms with van der Waals surface area (Å²) < 4.78 is 10.8. The van der Waals surface area contributed by atoms with E-state index in [1.807, 2.05) is 19.9 Å². The fourth-order valence-corrected chi connectivity index (χ4v) is 2.25. The molecule has 9 heteroatoms. The van der Waals surface area contributed by atoms with E-state index in [1.165, 1.54) is 6.26 Å². The van der Waals surface area contributed by atoms with Gasteiger partial charge in [0.05, 0.1) is 6.26 Å². The first kappa shape index (κ1) is 17.2. The Morgan fingerprint density at radius 2 is 2.00 bits per heavy atom. The molecule has 2 heterocycles. The predicted octanol–water partition coefficient (Wildman–Crippen LogP) is 2.06. The molecule has 0 aliphatic carbocycles. The number of anilines is 1. The molecule has 2 N–H and O–H groups in total. The highest BCUT2D eigenvalue weighted by atomic mass is 16.4. The predicted molar refractivity (Wildman–Crippen MR) is 91.5 cm³/mol. The van der Waals surface area contributed by atoms with Gasteiger partial charge in [-0.3, -0.25) is 10.1 Å². The lowest BCUT2D eigenvalue weighted by Crippen LogP contribution is -2.38. The average molecular weight is 356 g/mol. The normalized spacial score (nSPS) is 10.5. The number of hydrogen-bond donors (Lipinski definition) is 2. The van der Waals surface area contributed by atoms with Crippen LogP contribution in [-0.4, -0.2) is 21.7 Å². The lowest BCUT2D eigenvalue weighted by Gasteiger charge is -2.10. The molecule has 0 fully saturated rings. The van der Waals surface area contributed by atoms with Crippen LogP contribution in [0.4, 0.5) is 10.5 Å². The summed E-state index contributed by atoms with van der Waals surface area (Å²) in [5.41, 5.74) is 2.49. The molecule has 3 amide bonds. The van der Waals surface area contributed by atoms with Crippen LogP contribution in [0, 0.1) is 13.8 Å². The third kappa shape index (κ3) is 3.72. The number of imide groups is 1. The van der Waals surface area contributed by atoms with Crippen molar-refractivity contribution in [2.45, 2.75) is 20.4 Å². The fourth-order valence-electron chi connectivity index (χ4n) is 2.25. The van der Waals surface area contributed by atoms with Crippen LogP contribution >= 0.6 is 0 Å². The van der Waals surface area contributed by atoms with Crippen molar-refractivity contribution in [2.24, 2.45) is 0 Å². The van der Waals surface area contributed by atoms with Gasteiger partial charge in [0.15, 0.2) is 5.76 Å². The lowest BCUT2D eigenvalue weighted by molar-refractivity contribution is -0.120. The van der Waals surface area contributed by atoms with Crippen LogP contribution in [-0.2, 0) is 11.3 Å². The molecule has 0 bridgehead atoms. The Balaban J connectivity index is 1.63. The number of carbonyl (C=O) groups excluding carboxylic acids is 2. The van der Waals surface area contributed by atoms with Crippen molar-refractivity contribution in [2.75, 3.05) is 5.32 Å². The lowest BCUT2D eigenvalue weighted by atomic mass is 10.1. The molecule has 0 saturated heterocycles. The molecule has 0 aliphatic rings. The standard InChI is InChI=1S/C17H16N4O5/c1-10-5-3-6-12(11(10)2)18-16(23)19-14(22)9-21-17(24)26-15(20-21)13-7-4-8-25-13/h3-8H,9H2,1-2H3,(H2,18,19,22,23). The van der Waals surface area contributed by atoms with Gasteiger partial charge < -0.3 is 14.2 Å². The minimum atomic E-state index is -0.832. The van der Waals surface area contributed by atoms with Crippen molar-refractivity contribution in [3.8, 4) is 11.7 Å². The van der Waals surface area contributed by atoms with Crippen LogP contribution in [0.5, 0.6) is 0 Å². The van der Waals surface area contributed by atoms with Gasteiger partial charge in [0, 0.05) is 5.69 Å². The molecule has 9 nitrogen and oxygen atoms in total. The van der Waals surface area contributed by atoms with E-state index in [1.54, 1.807) is 24.3 Å². The molecule has 134 valence electrons. The van der Waals surface area contributed by atoms with E-state index in [-0.39, 0.29) is 11.7 Å². The number of aromatic nitrogens is 2. The molecule has 3 aromatic rings. The molecule has 0 radical (unpaired) electrons. The maximum absolute atomic E-state index is 12.0. The summed E-state index contributed by atoms with van der Waals surface area (Å²) in [5.74, 6) is -1.34. The van der Waals surface area contributed by atoms with Crippen molar-refractivity contribution in [1.82, 2.24) is 15.1 Å². The van der Waals surface area contributed by atoms with Gasteiger partial charge in [-0.1, -0.05) is 12.1 Å². The zero-order chi connectivity index (χ0) is 18.7. The van der Waals surface area contributed by atoms with Crippen LogP contribution in [0.15, 0.2) is 50.2 Å². The number of nitrogens with one attached hydrogen (secondary N) is 2. The highest BCUT2D eigenvalue weighted by Gasteiger charge is 2.16. The SMILES string of the molecule is Cc1cccc(NC(=O)NC(=O)Cn2nc(-c3ccco3)oc2=O)c1C. The Hall–Kier alpha value is -3.62. The number of hydrogen-bond acceptors (Lipinski definition) is 6. The van der Waals surface area contributed by atoms with E-state index >= 15 is 0 Å². The summed E-state index contributed by atoms with van der Waals surface area (Å²) in [6, 6.07) is 7.91. The molecule has 26 heavy (non-hydrogen) atoms. The van der Waals surface area contributed by atoms with Gasteiger partial charge in [-0.25, -0.2) is 9.59 Å². The van der Waals surface area contributed by atoms with E-state index in [0.717, 1.165) is 15.8 Å². The highest BCUT2D eigenvalue weighted by Crippen LogP contribution is 2.17. The van der Waals surface area contributed by atoms with Gasteiger partial charge in [0.1, 0.15) is 6.54 Å². The largest absolute Gasteiger partial charge is 0.459 e. The first-order chi connectivity index (χ1) is 12.4. The van der Waals surface area contributed by atoms with Gasteiger partial charge >= 0.3 is 11.8 Å². The Morgan fingerprint density at radius 1 is 1.19 bits per heavy atom. The average Bonchev–Trinajstić information content (AvgIpc) is 3.22. The number of nitrogens with zero attached hydrogens (tertiary/aromatic N) is 2. The van der Waals surface area contributed by atoms with E-state index in [4.69, 9.17) is 8.83 Å². The second-order valence-electron chi connectivity index (χ2n) is 5.56. The number of amides is 3. The topological polar surface area (TPSA) is 119 Å². The van der Waals surface area contributed by atoms with Gasteiger partial charge in [-0.05, 0) is 43.2 Å². The van der Waals surface area contributed by atoms with Crippen molar-refractivity contribution >= 4 is 17.6 Å². The van der Waals surface area contributed by atoms with Gasteiger partial charge in [-0.15, -0.1) is 5.10 Å². The van der Waals surface area contributed by atoms with Crippen molar-refractivity contribution in [3.05, 3.63) is 58.3 Å². The quantitative estimate of drug-likeness (QED) is 0.738. The van der Waals surface area contributed by atoms with E-state index in [0.29, 0.717) is 5.69 Å². The molecule has 1 aromatic carbocycles. The van der Waals surface area contributed by atoms with Crippen LogP contribution in [0.25, 0.3) is 11.7 Å². The maximum atomic E-state index is 12.0. The number of rotatable bonds is 4. The van der Waals surface area contributed by atoms with Crippen LogP contribution in [0.3, 0.4) is 0 Å². The Labute approximate surface area is 147 Å². The maximum Gasteiger partial charge on any atom is 0.437 e. The van der Waals surface area contributed by atoms with Crippen molar-refractivity contribution in [3.63, 3.8) is 0 Å². The summed E-state index contributed by atoms with van der Waals surface area (Å²) >= 11 is 0. The number of carbonyl (C=O) groups is 2. The molecule has 0 atom stereocenters. The minimum absolute atomic E-state index is 0.0485. The second-order valence-corrected chi connectivity index (χ2v) is 5.56. The number of urea groups is 1. The molecule has 0 unspecified atom stereocenters. The summed E-state index contributed by atoms with van der Waals surface area (Å²) in [5, 5.41) is 8.59. The van der Waals surface area contributed by atoms with E-state index in [9.17, 15) is 14.4 Å². The molecule has 0 spiro atoms. The monoisotopic (exact) mass is 356 g/mol. The third-order valence-corrected chi connectivity index (χ3v) is 3.74. The van der Waals surface area contributed by atoms with Crippen molar-refractivity contribution < 1.29 is 18.4 Å². The second kappa shape index (κ2) is 7.09. The van der Waals surface area contributed by atoms with Gasteiger partial charge in [0.2, 0.25) is 5.91 Å². The molecule has 0 saturated carbocycles. The molecule has 2 aromatic heterocycles. The first-order valence-electron chi connectivity index (χ1n) is 7.73. The molecule has 3 rings (SSSR count). The summed E-state index contributed by atoms with van der Waals surface area (Å²) in [4.78, 5) is 35.7. The zero-order valence-corrected chi connectivity index (χ0v) is 14.1. The Kier molecular flexibility index (Phi) is 4.70. The highest BCUT2D eigenvalue weighted by molar-refractivity contribution is 6.01. The molecular formula is C17H16N4O5. The zero-order valence-electron chi connectivity index (χ0n) is 14.1. The third-order valence-electron chi connectivity index (χ3n) is 3.74. The van der Waals surface area contributed by atoms with Gasteiger partial charge in [-0.2, -0.15) is 4.68 Å². The molecular weight excluding hydrogens is 340 g/mol. The van der Waals surface area contributed by atoms with E-state index < -0.39 is 24.2 Å². The minimum Gasteiger partial charge on any atom is -0.459 e. The molecule has 0 aliphatic heterocycles. The fraction of sp³-hybridized carbons (Fsp3) is 0.176. The van der Waals surface area contributed by atoms with Gasteiger partial charge in [0.25, 0.3) is 5.89 Å². The number of benzene rings is 1.